The van der Waals surface area contributed by atoms with Crippen LogP contribution in [0, 0.1) is 17.0 Å². The van der Waals surface area contributed by atoms with E-state index >= 15 is 0 Å². The number of hydrogen-bond acceptors (Lipinski definition) is 8. The standard InChI is InChI=1S/C19H19N5O3S2/c1-10-12(6-4-7-13(10)24(26)27)21-15(25)9-28-19-22-17(20)16-11-5-2-3-8-14(11)29-18(16)23-19/h4,6-7H,2-3,5,8-9H2,1H3,(H,21,25)(H2,20,22,23). The van der Waals surface area contributed by atoms with Gasteiger partial charge in [-0.05, 0) is 44.2 Å². The molecule has 4 rings (SSSR count). The Bertz CT molecular complexity index is 1130. The number of thioether (sulfide) groups is 1. The number of hydrogen-bond donors (Lipinski definition) is 2. The van der Waals surface area contributed by atoms with Crippen molar-refractivity contribution in [2.24, 2.45) is 0 Å². The van der Waals surface area contributed by atoms with E-state index < -0.39 is 4.92 Å². The van der Waals surface area contributed by atoms with E-state index in [1.165, 1.54) is 34.7 Å². The highest BCUT2D eigenvalue weighted by molar-refractivity contribution is 7.99. The number of carbonyl (C=O) groups is 1. The number of nitrogens with zero attached hydrogens (tertiary/aromatic N) is 3. The second kappa shape index (κ2) is 7.96. The first-order valence-electron chi connectivity index (χ1n) is 9.18. The summed E-state index contributed by atoms with van der Waals surface area (Å²) in [5.41, 5.74) is 8.29. The number of nitro groups is 1. The van der Waals surface area contributed by atoms with Crippen LogP contribution in [0.25, 0.3) is 10.2 Å². The number of aromatic nitrogens is 2. The average molecular weight is 430 g/mol. The van der Waals surface area contributed by atoms with Gasteiger partial charge in [-0.15, -0.1) is 11.3 Å². The molecule has 0 aliphatic heterocycles. The lowest BCUT2D eigenvalue weighted by molar-refractivity contribution is -0.385. The first kappa shape index (κ1) is 19.6. The van der Waals surface area contributed by atoms with Crippen LogP contribution in [-0.2, 0) is 17.6 Å². The summed E-state index contributed by atoms with van der Waals surface area (Å²) in [6.07, 6.45) is 4.42. The molecule has 0 fully saturated rings. The number of thiophene rings is 1. The number of anilines is 2. The van der Waals surface area contributed by atoms with Crippen molar-refractivity contribution in [1.29, 1.82) is 0 Å². The van der Waals surface area contributed by atoms with Crippen LogP contribution in [0.4, 0.5) is 17.2 Å². The lowest BCUT2D eigenvalue weighted by Crippen LogP contribution is -2.15. The molecular weight excluding hydrogens is 410 g/mol. The maximum atomic E-state index is 12.3. The van der Waals surface area contributed by atoms with Crippen molar-refractivity contribution in [2.45, 2.75) is 37.8 Å². The van der Waals surface area contributed by atoms with Gasteiger partial charge in [-0.2, -0.15) is 0 Å². The topological polar surface area (TPSA) is 124 Å². The van der Waals surface area contributed by atoms with Gasteiger partial charge < -0.3 is 11.1 Å². The summed E-state index contributed by atoms with van der Waals surface area (Å²) < 4.78 is 0. The first-order chi connectivity index (χ1) is 13.9. The van der Waals surface area contributed by atoms with Crippen molar-refractivity contribution < 1.29 is 9.72 Å². The van der Waals surface area contributed by atoms with Gasteiger partial charge in [0.25, 0.3) is 5.69 Å². The minimum Gasteiger partial charge on any atom is -0.383 e. The maximum absolute atomic E-state index is 12.3. The quantitative estimate of drug-likeness (QED) is 0.271. The summed E-state index contributed by atoms with van der Waals surface area (Å²) in [7, 11) is 0. The van der Waals surface area contributed by atoms with Crippen LogP contribution >= 0.6 is 23.1 Å². The zero-order valence-corrected chi connectivity index (χ0v) is 17.4. The van der Waals surface area contributed by atoms with E-state index in [4.69, 9.17) is 5.73 Å². The molecule has 150 valence electrons. The summed E-state index contributed by atoms with van der Waals surface area (Å²) in [5.74, 6) is 0.260. The van der Waals surface area contributed by atoms with Gasteiger partial charge in [0.2, 0.25) is 5.91 Å². The molecule has 0 radical (unpaired) electrons. The predicted octanol–water partition coefficient (Wildman–Crippen LogP) is 4.10. The zero-order chi connectivity index (χ0) is 20.5. The largest absolute Gasteiger partial charge is 0.383 e. The highest BCUT2D eigenvalue weighted by Gasteiger charge is 2.21. The van der Waals surface area contributed by atoms with E-state index in [9.17, 15) is 14.9 Å². The summed E-state index contributed by atoms with van der Waals surface area (Å²) >= 11 is 2.86. The number of nitro benzene ring substituents is 1. The van der Waals surface area contributed by atoms with Crippen LogP contribution in [0.5, 0.6) is 0 Å². The van der Waals surface area contributed by atoms with Crippen LogP contribution in [0.2, 0.25) is 0 Å². The summed E-state index contributed by atoms with van der Waals surface area (Å²) in [6, 6.07) is 4.60. The second-order valence-electron chi connectivity index (χ2n) is 6.83. The second-order valence-corrected chi connectivity index (χ2v) is 8.85. The summed E-state index contributed by atoms with van der Waals surface area (Å²) in [6.45, 7) is 1.61. The Balaban J connectivity index is 1.48. The van der Waals surface area contributed by atoms with Crippen LogP contribution < -0.4 is 11.1 Å². The van der Waals surface area contributed by atoms with E-state index in [1.807, 2.05) is 0 Å². The molecular formula is C19H19N5O3S2. The fraction of sp³-hybridized carbons (Fsp3) is 0.316. The van der Waals surface area contributed by atoms with E-state index in [0.717, 1.165) is 29.5 Å². The number of carbonyl (C=O) groups excluding carboxylic acids is 1. The third kappa shape index (κ3) is 3.90. The van der Waals surface area contributed by atoms with Gasteiger partial charge in [-0.3, -0.25) is 14.9 Å². The summed E-state index contributed by atoms with van der Waals surface area (Å²) in [4.78, 5) is 34.1. The monoisotopic (exact) mass is 429 g/mol. The number of aryl methyl sites for hydroxylation is 2. The molecule has 1 aliphatic carbocycles. The van der Waals surface area contributed by atoms with E-state index in [2.05, 4.69) is 15.3 Å². The Morgan fingerprint density at radius 2 is 2.14 bits per heavy atom. The minimum atomic E-state index is -0.466. The molecule has 0 bridgehead atoms. The van der Waals surface area contributed by atoms with Crippen molar-refractivity contribution in [3.05, 3.63) is 44.3 Å². The number of nitrogen functional groups attached to an aromatic ring is 1. The van der Waals surface area contributed by atoms with Crippen LogP contribution in [0.3, 0.4) is 0 Å². The number of nitrogens with one attached hydrogen (secondary N) is 1. The molecule has 3 aromatic rings. The van der Waals surface area contributed by atoms with Gasteiger partial charge in [0.05, 0.1) is 27.3 Å². The molecule has 8 nitrogen and oxygen atoms in total. The van der Waals surface area contributed by atoms with Crippen LogP contribution in [-0.4, -0.2) is 26.6 Å². The van der Waals surface area contributed by atoms with Gasteiger partial charge in [0, 0.05) is 10.9 Å². The zero-order valence-electron chi connectivity index (χ0n) is 15.7. The molecule has 1 aromatic carbocycles. The molecule has 29 heavy (non-hydrogen) atoms. The van der Waals surface area contributed by atoms with Crippen molar-refractivity contribution in [3.8, 4) is 0 Å². The fourth-order valence-electron chi connectivity index (χ4n) is 3.50. The van der Waals surface area contributed by atoms with Gasteiger partial charge in [-0.1, -0.05) is 17.8 Å². The third-order valence-corrected chi connectivity index (χ3v) is 6.96. The lowest BCUT2D eigenvalue weighted by Gasteiger charge is -2.10. The molecule has 0 spiro atoms. The minimum absolute atomic E-state index is 0.0290. The van der Waals surface area contributed by atoms with E-state index in [1.54, 1.807) is 30.4 Å². The van der Waals surface area contributed by atoms with Gasteiger partial charge in [-0.25, -0.2) is 9.97 Å². The number of amides is 1. The van der Waals surface area contributed by atoms with Gasteiger partial charge in [0.1, 0.15) is 10.6 Å². The molecule has 0 saturated carbocycles. The maximum Gasteiger partial charge on any atom is 0.274 e. The molecule has 0 atom stereocenters. The molecule has 1 aliphatic rings. The third-order valence-electron chi connectivity index (χ3n) is 4.93. The fourth-order valence-corrected chi connectivity index (χ4v) is 5.48. The van der Waals surface area contributed by atoms with E-state index in [-0.39, 0.29) is 17.3 Å². The molecule has 0 saturated heterocycles. The molecule has 3 N–H and O–H groups in total. The Morgan fingerprint density at radius 1 is 1.34 bits per heavy atom. The lowest BCUT2D eigenvalue weighted by atomic mass is 9.97. The number of rotatable bonds is 5. The molecule has 0 unspecified atom stereocenters. The molecule has 1 amide bonds. The van der Waals surface area contributed by atoms with Crippen molar-refractivity contribution in [2.75, 3.05) is 16.8 Å². The number of nitrogens with two attached hydrogens (primary N) is 1. The Morgan fingerprint density at radius 3 is 2.93 bits per heavy atom. The van der Waals surface area contributed by atoms with Crippen molar-refractivity contribution in [1.82, 2.24) is 9.97 Å². The molecule has 10 heteroatoms. The Labute approximate surface area is 175 Å². The van der Waals surface area contributed by atoms with Crippen molar-refractivity contribution >= 4 is 56.4 Å². The molecule has 2 aromatic heterocycles. The predicted molar refractivity (Wildman–Crippen MR) is 116 cm³/mol. The Kier molecular flexibility index (Phi) is 5.37. The van der Waals surface area contributed by atoms with Crippen LogP contribution in [0.15, 0.2) is 23.4 Å². The highest BCUT2D eigenvalue weighted by Crippen LogP contribution is 2.38. The Hall–Kier alpha value is -2.72. The van der Waals surface area contributed by atoms with Gasteiger partial charge in [0.15, 0.2) is 5.16 Å². The van der Waals surface area contributed by atoms with Gasteiger partial charge >= 0.3 is 0 Å². The van der Waals surface area contributed by atoms with Crippen molar-refractivity contribution in [3.63, 3.8) is 0 Å². The first-order valence-corrected chi connectivity index (χ1v) is 11.0. The number of fused-ring (bicyclic) bond motifs is 3. The normalized spacial score (nSPS) is 13.3. The number of benzene rings is 1. The summed E-state index contributed by atoms with van der Waals surface area (Å²) in [5, 5.41) is 15.2. The average Bonchev–Trinajstić information content (AvgIpc) is 3.06. The molecule has 2 heterocycles. The smallest absolute Gasteiger partial charge is 0.274 e. The van der Waals surface area contributed by atoms with E-state index in [0.29, 0.717) is 22.2 Å². The highest BCUT2D eigenvalue weighted by atomic mass is 32.2. The SMILES string of the molecule is Cc1c(NC(=O)CSc2nc(N)c3c4c(sc3n2)CCCC4)cccc1[N+](=O)[O-]. The van der Waals surface area contributed by atoms with Crippen LogP contribution in [0.1, 0.15) is 28.8 Å².